The predicted molar refractivity (Wildman–Crippen MR) is 43.8 cm³/mol. The zero-order valence-electron chi connectivity index (χ0n) is 6.98. The maximum atomic E-state index is 2.35. The highest BCUT2D eigenvalue weighted by Gasteiger charge is 2.32. The van der Waals surface area contributed by atoms with Gasteiger partial charge in [0, 0.05) is 0 Å². The van der Waals surface area contributed by atoms with Crippen molar-refractivity contribution in [2.24, 2.45) is 11.8 Å². The van der Waals surface area contributed by atoms with Crippen LogP contribution in [0, 0.1) is 11.8 Å². The van der Waals surface area contributed by atoms with E-state index in [4.69, 9.17) is 0 Å². The molecule has 2 aliphatic carbocycles. The number of hydrogen-bond donors (Lipinski definition) is 0. The van der Waals surface area contributed by atoms with E-state index < -0.39 is 0 Å². The number of rotatable bonds is 1. The van der Waals surface area contributed by atoms with Gasteiger partial charge in [-0.2, -0.15) is 0 Å². The molecule has 0 heteroatoms. The maximum absolute atomic E-state index is 2.35. The van der Waals surface area contributed by atoms with Gasteiger partial charge in [-0.15, -0.1) is 0 Å². The Hall–Kier alpha value is -0.260. The second-order valence-corrected chi connectivity index (χ2v) is 3.99. The van der Waals surface area contributed by atoms with Gasteiger partial charge in [-0.25, -0.2) is 0 Å². The van der Waals surface area contributed by atoms with E-state index in [1.807, 2.05) is 11.1 Å². The monoisotopic (exact) mass is 136 g/mol. The van der Waals surface area contributed by atoms with Crippen LogP contribution in [0.5, 0.6) is 0 Å². The minimum absolute atomic E-state index is 0.838. The third kappa shape index (κ3) is 0.744. The molecule has 2 aliphatic rings. The lowest BCUT2D eigenvalue weighted by molar-refractivity contribution is 0.509. The summed E-state index contributed by atoms with van der Waals surface area (Å²) in [6, 6.07) is 0. The van der Waals surface area contributed by atoms with Crippen LogP contribution in [-0.4, -0.2) is 0 Å². The third-order valence-electron chi connectivity index (χ3n) is 3.06. The normalized spacial score (nSPS) is 25.5. The van der Waals surface area contributed by atoms with Crippen molar-refractivity contribution in [2.45, 2.75) is 39.5 Å². The molecule has 0 atom stereocenters. The van der Waals surface area contributed by atoms with Crippen LogP contribution in [0.15, 0.2) is 11.1 Å². The summed E-state index contributed by atoms with van der Waals surface area (Å²) in [5, 5.41) is 0. The van der Waals surface area contributed by atoms with Crippen molar-refractivity contribution >= 4 is 0 Å². The SMILES string of the molecule is CC(C)C1=C2CCC1CC2. The molecule has 0 amide bonds. The summed E-state index contributed by atoms with van der Waals surface area (Å²) in [5.41, 5.74) is 3.65. The van der Waals surface area contributed by atoms with Crippen LogP contribution in [0.25, 0.3) is 0 Å². The van der Waals surface area contributed by atoms with Crippen LogP contribution in [0.3, 0.4) is 0 Å². The van der Waals surface area contributed by atoms with Crippen LogP contribution in [0.2, 0.25) is 0 Å². The summed E-state index contributed by atoms with van der Waals surface area (Å²) < 4.78 is 0. The standard InChI is InChI=1S/C10H16/c1-7(2)10-8-3-4-9(10)6-5-8/h7-8H,3-6H2,1-2H3. The maximum Gasteiger partial charge on any atom is -0.0192 e. The van der Waals surface area contributed by atoms with Crippen molar-refractivity contribution in [3.63, 3.8) is 0 Å². The van der Waals surface area contributed by atoms with Crippen molar-refractivity contribution in [1.29, 1.82) is 0 Å². The fourth-order valence-corrected chi connectivity index (χ4v) is 2.73. The molecule has 2 bridgehead atoms. The van der Waals surface area contributed by atoms with Crippen LogP contribution in [-0.2, 0) is 0 Å². The van der Waals surface area contributed by atoms with Gasteiger partial charge in [-0.1, -0.05) is 25.0 Å². The molecule has 56 valence electrons. The van der Waals surface area contributed by atoms with E-state index in [2.05, 4.69) is 13.8 Å². The quantitative estimate of drug-likeness (QED) is 0.486. The molecule has 0 aromatic rings. The lowest BCUT2D eigenvalue weighted by Gasteiger charge is -2.12. The molecule has 2 rings (SSSR count). The first kappa shape index (κ1) is 6.45. The number of fused-ring (bicyclic) bond motifs is 1. The minimum atomic E-state index is 0.838. The predicted octanol–water partition coefficient (Wildman–Crippen LogP) is 3.14. The summed E-state index contributed by atoms with van der Waals surface area (Å²) in [6.07, 6.45) is 5.81. The molecule has 0 fully saturated rings. The van der Waals surface area contributed by atoms with Gasteiger partial charge in [-0.05, 0) is 37.5 Å². The van der Waals surface area contributed by atoms with Gasteiger partial charge in [0.15, 0.2) is 0 Å². The summed E-state index contributed by atoms with van der Waals surface area (Å²) >= 11 is 0. The minimum Gasteiger partial charge on any atom is -0.0704 e. The number of hydrogen-bond acceptors (Lipinski definition) is 0. The van der Waals surface area contributed by atoms with Gasteiger partial charge in [0.2, 0.25) is 0 Å². The van der Waals surface area contributed by atoms with E-state index in [0.29, 0.717) is 0 Å². The molecule has 0 aromatic heterocycles. The lowest BCUT2D eigenvalue weighted by atomic mass is 9.93. The molecular weight excluding hydrogens is 120 g/mol. The van der Waals surface area contributed by atoms with E-state index in [-0.39, 0.29) is 0 Å². The molecule has 0 radical (unpaired) electrons. The Kier molecular flexibility index (Phi) is 1.36. The highest BCUT2D eigenvalue weighted by molar-refractivity contribution is 5.29. The van der Waals surface area contributed by atoms with Gasteiger partial charge < -0.3 is 0 Å². The van der Waals surface area contributed by atoms with Gasteiger partial charge in [0.05, 0.1) is 0 Å². The third-order valence-corrected chi connectivity index (χ3v) is 3.06. The van der Waals surface area contributed by atoms with Gasteiger partial charge in [0.1, 0.15) is 0 Å². The van der Waals surface area contributed by atoms with E-state index in [9.17, 15) is 0 Å². The number of allylic oxidation sites excluding steroid dienone is 2. The Morgan fingerprint density at radius 1 is 1.20 bits per heavy atom. The van der Waals surface area contributed by atoms with Gasteiger partial charge in [-0.3, -0.25) is 0 Å². The summed E-state index contributed by atoms with van der Waals surface area (Å²) in [6.45, 7) is 4.69. The van der Waals surface area contributed by atoms with Gasteiger partial charge >= 0.3 is 0 Å². The molecule has 0 spiro atoms. The van der Waals surface area contributed by atoms with Crippen LogP contribution < -0.4 is 0 Å². The molecule has 0 N–H and O–H groups in total. The van der Waals surface area contributed by atoms with Gasteiger partial charge in [0.25, 0.3) is 0 Å². The van der Waals surface area contributed by atoms with E-state index in [0.717, 1.165) is 11.8 Å². The molecule has 0 saturated heterocycles. The molecule has 0 heterocycles. The Morgan fingerprint density at radius 2 is 1.80 bits per heavy atom. The lowest BCUT2D eigenvalue weighted by Crippen LogP contribution is -2.00. The fourth-order valence-electron chi connectivity index (χ4n) is 2.73. The Bertz CT molecular complexity index is 164. The zero-order chi connectivity index (χ0) is 7.14. The summed E-state index contributed by atoms with van der Waals surface area (Å²) in [4.78, 5) is 0. The molecule has 0 aromatic carbocycles. The Labute approximate surface area is 63.3 Å². The molecular formula is C10H16. The first-order chi connectivity index (χ1) is 4.79. The smallest absolute Gasteiger partial charge is 0.0192 e. The first-order valence-corrected chi connectivity index (χ1v) is 4.51. The molecule has 0 saturated carbocycles. The van der Waals surface area contributed by atoms with Crippen molar-refractivity contribution < 1.29 is 0 Å². The van der Waals surface area contributed by atoms with Crippen molar-refractivity contribution in [3.8, 4) is 0 Å². The van der Waals surface area contributed by atoms with Crippen LogP contribution in [0.1, 0.15) is 39.5 Å². The van der Waals surface area contributed by atoms with Crippen LogP contribution >= 0.6 is 0 Å². The Balaban J connectivity index is 2.26. The average Bonchev–Trinajstić information content (AvgIpc) is 2.43. The van der Waals surface area contributed by atoms with E-state index in [1.54, 1.807) is 0 Å². The van der Waals surface area contributed by atoms with Crippen molar-refractivity contribution in [1.82, 2.24) is 0 Å². The van der Waals surface area contributed by atoms with E-state index >= 15 is 0 Å². The summed E-state index contributed by atoms with van der Waals surface area (Å²) in [7, 11) is 0. The van der Waals surface area contributed by atoms with Crippen molar-refractivity contribution in [2.75, 3.05) is 0 Å². The topological polar surface area (TPSA) is 0 Å². The fraction of sp³-hybridized carbons (Fsp3) is 0.800. The zero-order valence-corrected chi connectivity index (χ0v) is 6.98. The largest absolute Gasteiger partial charge is 0.0704 e. The highest BCUT2D eigenvalue weighted by Crippen LogP contribution is 2.47. The second-order valence-electron chi connectivity index (χ2n) is 3.99. The molecule has 10 heavy (non-hydrogen) atoms. The molecule has 0 nitrogen and oxygen atoms in total. The van der Waals surface area contributed by atoms with Crippen LogP contribution in [0.4, 0.5) is 0 Å². The molecule has 0 unspecified atom stereocenters. The Morgan fingerprint density at radius 3 is 2.00 bits per heavy atom. The van der Waals surface area contributed by atoms with E-state index in [1.165, 1.54) is 25.7 Å². The van der Waals surface area contributed by atoms with Crippen molar-refractivity contribution in [3.05, 3.63) is 11.1 Å². The summed E-state index contributed by atoms with van der Waals surface area (Å²) in [5.74, 6) is 1.85. The average molecular weight is 136 g/mol. The second kappa shape index (κ2) is 2.11. The first-order valence-electron chi connectivity index (χ1n) is 4.51. The highest BCUT2D eigenvalue weighted by atomic mass is 14.4. The molecule has 0 aliphatic heterocycles.